The van der Waals surface area contributed by atoms with E-state index >= 15 is 0 Å². The van der Waals surface area contributed by atoms with E-state index in [4.69, 9.17) is 37.3 Å². The van der Waals surface area contributed by atoms with Crippen molar-refractivity contribution in [1.82, 2.24) is 0 Å². The zero-order valence-electron chi connectivity index (χ0n) is 57.8. The third-order valence-electron chi connectivity index (χ3n) is 22.1. The zero-order valence-corrected chi connectivity index (χ0v) is 62.5. The summed E-state index contributed by atoms with van der Waals surface area (Å²) in [6, 6.07) is 65.7. The lowest BCUT2D eigenvalue weighted by molar-refractivity contribution is -2.00. The summed E-state index contributed by atoms with van der Waals surface area (Å²) in [6.07, 6.45) is 25.8. The van der Waals surface area contributed by atoms with Gasteiger partial charge in [-0.1, -0.05) is 196 Å². The fraction of sp³-hybridized carbons (Fsp3) is 0.268. The second-order valence-corrected chi connectivity index (χ2v) is 31.5. The van der Waals surface area contributed by atoms with Crippen LogP contribution in [-0.4, -0.2) is 44.5 Å². The summed E-state index contributed by atoms with van der Waals surface area (Å²) >= 11 is 7.14. The molecule has 0 amide bonds. The zero-order chi connectivity index (χ0) is 73.7. The molecule has 0 N–H and O–H groups in total. The second kappa shape index (κ2) is 29.4. The molecule has 4 heterocycles. The Hall–Kier alpha value is -8.58. The summed E-state index contributed by atoms with van der Waals surface area (Å²) in [7, 11) is -5.64. The summed E-state index contributed by atoms with van der Waals surface area (Å²) in [5.41, 5.74) is 17.7. The van der Waals surface area contributed by atoms with Gasteiger partial charge in [-0.25, -0.2) is 37.3 Å². The summed E-state index contributed by atoms with van der Waals surface area (Å²) < 4.78 is 73.5. The highest BCUT2D eigenvalue weighted by atomic mass is 79.9. The van der Waals surface area contributed by atoms with Crippen LogP contribution in [0.5, 0.6) is 0 Å². The Kier molecular flexibility index (Phi) is 20.8. The number of anilines is 2. The van der Waals surface area contributed by atoms with Crippen molar-refractivity contribution in [3.63, 3.8) is 0 Å². The maximum Gasteiger partial charge on any atom is 0.284 e. The third kappa shape index (κ3) is 14.4. The normalized spacial score (nSPS) is 20.2. The monoisotopic (exact) mass is 1560 g/mol. The van der Waals surface area contributed by atoms with Gasteiger partial charge in [0.05, 0.1) is 20.7 Å². The highest BCUT2D eigenvalue weighted by molar-refractivity contribution is 9.11. The van der Waals surface area contributed by atoms with Gasteiger partial charge < -0.3 is 9.80 Å². The van der Waals surface area contributed by atoms with E-state index in [0.29, 0.717) is 22.0 Å². The molecule has 2 fully saturated rings. The third-order valence-corrected chi connectivity index (χ3v) is 23.4. The molecular weight excluding hydrogens is 1490 g/mol. The number of fused-ring (bicyclic) bond motifs is 10. The molecule has 534 valence electrons. The standard InChI is InChI=1S/C82H76Br2N6O4.2ClHO4/c1-79(51-55-23-9-5-10-24-55)73(31-21-33-75-81(43-17-7-18-44-81)63-47-71(89(91)92)65(83)49-69(63)85(75)3)87(67-41-39-59-27-13-15-29-61(59)77(67)79)53-57-35-37-58(38-36-57)54-88-68-42-40-60-28-14-16-30-62(60)78(68)80(2,52-56-25-11-6-12-26-56)74(88)32-22-34-76-82(45-19-8-20-46-82)64-48-72(90(93)94)66(84)50-70(64)86(76)4;2*2-1(3,4)5/h5-6,9-16,21-42,47-50H,7-8,17-20,43-46,51-54H2,1-4H3;2*(H,2,3,4,5)/q+2;;/p-2. The molecule has 9 aromatic rings. The number of hydrogen-bond acceptors (Lipinski definition) is 14. The van der Waals surface area contributed by atoms with Crippen molar-refractivity contribution in [1.29, 1.82) is 0 Å². The molecule has 2 saturated carbocycles. The molecule has 6 aliphatic rings. The van der Waals surface area contributed by atoms with Crippen LogP contribution in [0.25, 0.3) is 21.5 Å². The van der Waals surface area contributed by atoms with Gasteiger partial charge in [0.15, 0.2) is 11.4 Å². The average molecular weight is 1570 g/mol. The fourth-order valence-electron chi connectivity index (χ4n) is 17.9. The van der Waals surface area contributed by atoms with E-state index in [0.717, 1.165) is 99.6 Å². The maximum absolute atomic E-state index is 12.4. The minimum atomic E-state index is -4.94. The first kappa shape index (κ1) is 73.7. The molecule has 9 aromatic carbocycles. The minimum absolute atomic E-state index is 0.113. The predicted molar refractivity (Wildman–Crippen MR) is 389 cm³/mol. The van der Waals surface area contributed by atoms with Crippen molar-refractivity contribution in [3.8, 4) is 0 Å². The van der Waals surface area contributed by atoms with E-state index < -0.39 is 31.3 Å². The van der Waals surface area contributed by atoms with Crippen LogP contribution < -0.4 is 47.1 Å². The van der Waals surface area contributed by atoms with Crippen molar-refractivity contribution < 1.29 is 76.8 Å². The smallest absolute Gasteiger partial charge is 0.284 e. The molecule has 0 bridgehead atoms. The lowest BCUT2D eigenvalue weighted by Gasteiger charge is -2.32. The maximum atomic E-state index is 12.4. The van der Waals surface area contributed by atoms with Crippen LogP contribution >= 0.6 is 31.9 Å². The number of halogens is 4. The molecule has 18 nitrogen and oxygen atoms in total. The van der Waals surface area contributed by atoms with Gasteiger partial charge in [-0.3, -0.25) is 20.2 Å². The van der Waals surface area contributed by atoms with Crippen molar-refractivity contribution in [2.24, 2.45) is 0 Å². The number of hydrogen-bond donors (Lipinski definition) is 0. The molecule has 2 unspecified atom stereocenters. The van der Waals surface area contributed by atoms with Crippen LogP contribution in [0, 0.1) is 40.7 Å². The first-order valence-electron chi connectivity index (χ1n) is 34.6. The van der Waals surface area contributed by atoms with E-state index in [2.05, 4.69) is 273 Å². The number of benzene rings is 9. The first-order chi connectivity index (χ1) is 49.6. The summed E-state index contributed by atoms with van der Waals surface area (Å²) in [5.74, 6) is 0. The topological polar surface area (TPSA) is 283 Å². The first-order valence-corrected chi connectivity index (χ1v) is 38.6. The van der Waals surface area contributed by atoms with Crippen LogP contribution in [0.3, 0.4) is 0 Å². The molecule has 0 saturated heterocycles. The minimum Gasteiger partial charge on any atom is -0.339 e. The fourth-order valence-corrected chi connectivity index (χ4v) is 18.8. The molecule has 2 atom stereocenters. The van der Waals surface area contributed by atoms with Crippen molar-refractivity contribution in [2.75, 3.05) is 23.9 Å². The van der Waals surface area contributed by atoms with E-state index in [9.17, 15) is 20.2 Å². The van der Waals surface area contributed by atoms with Gasteiger partial charge in [0.1, 0.15) is 23.0 Å². The van der Waals surface area contributed by atoms with Crippen molar-refractivity contribution in [2.45, 2.75) is 126 Å². The number of rotatable bonds is 14. The van der Waals surface area contributed by atoms with Crippen molar-refractivity contribution in [3.05, 3.63) is 304 Å². The Morgan fingerprint density at radius 3 is 1.13 bits per heavy atom. The molecule has 22 heteroatoms. The average Bonchev–Trinajstić information content (AvgIpc) is 1.58. The highest BCUT2D eigenvalue weighted by Crippen LogP contribution is 2.57. The number of allylic oxidation sites excluding steroid dienone is 8. The van der Waals surface area contributed by atoms with Crippen LogP contribution in [0.15, 0.2) is 239 Å². The summed E-state index contributed by atoms with van der Waals surface area (Å²) in [5, 5.41) is 29.8. The molecule has 0 radical (unpaired) electrons. The molecular formula is C82H76Br2Cl2N6O12. The van der Waals surface area contributed by atoms with Gasteiger partial charge in [-0.2, -0.15) is 9.15 Å². The van der Waals surface area contributed by atoms with E-state index in [-0.39, 0.29) is 32.1 Å². The van der Waals surface area contributed by atoms with Gasteiger partial charge in [0.25, 0.3) is 11.4 Å². The van der Waals surface area contributed by atoms with Crippen LogP contribution in [0.4, 0.5) is 34.1 Å². The molecule has 0 aromatic heterocycles. The Morgan fingerprint density at radius 1 is 0.452 bits per heavy atom. The lowest BCUT2D eigenvalue weighted by Crippen LogP contribution is -2.68. The Balaban J connectivity index is 0.000000902. The molecule has 2 spiro atoms. The van der Waals surface area contributed by atoms with Gasteiger partial charge in [-0.15, -0.1) is 20.5 Å². The predicted octanol–water partition coefficient (Wildman–Crippen LogP) is 11.0. The number of nitrogens with zero attached hydrogens (tertiary/aromatic N) is 6. The van der Waals surface area contributed by atoms with Gasteiger partial charge in [0.2, 0.25) is 11.4 Å². The highest BCUT2D eigenvalue weighted by Gasteiger charge is 2.54. The SMILES string of the molecule is C[N+]1=C(C=CC=C2N(Cc3ccc(CN4C(=CC=CC5=[N+](C)c6cc(Br)c([N+](=O)[O-])cc6C56CCCCC6)C(C)(Cc5ccccc5)c5c4ccc4ccccc54)cc3)c3ccc4ccccc4c3C2(C)Cc2ccccc2)C2(CCCCC2)c2cc([N+](=O)[O-])c(Br)cc21.[O-][Cl+3]([O-])([O-])[O-].[O-][Cl+3]([O-])([O-])[O-]. The quantitative estimate of drug-likeness (QED) is 0.0556. The lowest BCUT2D eigenvalue weighted by atomic mass is 9.67. The second-order valence-electron chi connectivity index (χ2n) is 28.2. The van der Waals surface area contributed by atoms with E-state index in [1.807, 2.05) is 24.3 Å². The van der Waals surface area contributed by atoms with Crippen LogP contribution in [-0.2, 0) is 47.6 Å². The van der Waals surface area contributed by atoms with E-state index in [1.165, 1.54) is 89.1 Å². The molecule has 4 aliphatic heterocycles. The van der Waals surface area contributed by atoms with Crippen LogP contribution in [0.1, 0.15) is 123 Å². The summed E-state index contributed by atoms with van der Waals surface area (Å²) in [4.78, 5) is 29.5. The molecule has 15 rings (SSSR count). The van der Waals surface area contributed by atoms with Gasteiger partial charge in [-0.05, 0) is 163 Å². The summed E-state index contributed by atoms with van der Waals surface area (Å²) in [6.45, 7) is 6.16. The number of nitro groups is 2. The molecule has 2 aliphatic carbocycles. The Bertz CT molecular complexity index is 4720. The van der Waals surface area contributed by atoms with Crippen molar-refractivity contribution >= 4 is 99.0 Å². The largest absolute Gasteiger partial charge is 0.339 e. The Morgan fingerprint density at radius 2 is 0.788 bits per heavy atom. The van der Waals surface area contributed by atoms with Gasteiger partial charge in [0, 0.05) is 94.2 Å². The molecule has 104 heavy (non-hydrogen) atoms. The van der Waals surface area contributed by atoms with E-state index in [1.54, 1.807) is 0 Å². The number of nitro benzene ring substituents is 2. The Labute approximate surface area is 624 Å². The van der Waals surface area contributed by atoms with Gasteiger partial charge >= 0.3 is 0 Å². The van der Waals surface area contributed by atoms with Crippen LogP contribution in [0.2, 0.25) is 0 Å².